The van der Waals surface area contributed by atoms with Crippen LogP contribution in [-0.2, 0) is 9.53 Å². The lowest BCUT2D eigenvalue weighted by Crippen LogP contribution is -2.13. The van der Waals surface area contributed by atoms with E-state index in [-0.39, 0.29) is 5.97 Å². The fraction of sp³-hybridized carbons (Fsp3) is 0.769. The maximum Gasteiger partial charge on any atom is 0.330 e. The van der Waals surface area contributed by atoms with Crippen molar-refractivity contribution in [3.8, 4) is 0 Å². The van der Waals surface area contributed by atoms with Crippen molar-refractivity contribution >= 4 is 5.97 Å². The minimum absolute atomic E-state index is 0.169. The molecule has 0 spiro atoms. The van der Waals surface area contributed by atoms with Gasteiger partial charge in [0.1, 0.15) is 0 Å². The summed E-state index contributed by atoms with van der Waals surface area (Å²) in [5, 5.41) is 0. The molecule has 2 fully saturated rings. The first-order valence-corrected chi connectivity index (χ1v) is 6.05. The van der Waals surface area contributed by atoms with E-state index in [0.717, 1.165) is 11.8 Å². The van der Waals surface area contributed by atoms with Crippen molar-refractivity contribution < 1.29 is 9.53 Å². The fourth-order valence-electron chi connectivity index (χ4n) is 3.28. The second-order valence-corrected chi connectivity index (χ2v) is 4.92. The van der Waals surface area contributed by atoms with E-state index in [2.05, 4.69) is 6.92 Å². The standard InChI is InChI=1S/C13H20O2/c1-3-15-13(14)6-9(2)12-8-10-4-5-11(12)7-10/h6,10-12H,3-5,7-8H2,1-2H3/b9-6-. The number of carbonyl (C=O) groups is 1. The number of hydrogen-bond donors (Lipinski definition) is 0. The van der Waals surface area contributed by atoms with Gasteiger partial charge in [0.25, 0.3) is 0 Å². The van der Waals surface area contributed by atoms with Gasteiger partial charge in [-0.3, -0.25) is 0 Å². The molecule has 0 N–H and O–H groups in total. The number of carbonyl (C=O) groups excluding carboxylic acids is 1. The summed E-state index contributed by atoms with van der Waals surface area (Å²) in [7, 11) is 0. The van der Waals surface area contributed by atoms with Crippen molar-refractivity contribution in [2.24, 2.45) is 17.8 Å². The van der Waals surface area contributed by atoms with Crippen LogP contribution in [0.2, 0.25) is 0 Å². The summed E-state index contributed by atoms with van der Waals surface area (Å²) in [6.45, 7) is 4.40. The average Bonchev–Trinajstić information content (AvgIpc) is 2.78. The molecule has 0 aromatic carbocycles. The summed E-state index contributed by atoms with van der Waals surface area (Å²) in [6, 6.07) is 0. The first-order chi connectivity index (χ1) is 7.20. The van der Waals surface area contributed by atoms with Gasteiger partial charge in [0.15, 0.2) is 0 Å². The van der Waals surface area contributed by atoms with Gasteiger partial charge in [0, 0.05) is 6.08 Å². The van der Waals surface area contributed by atoms with Gasteiger partial charge < -0.3 is 4.74 Å². The molecular weight excluding hydrogens is 188 g/mol. The molecule has 0 aromatic heterocycles. The number of rotatable bonds is 3. The highest BCUT2D eigenvalue weighted by atomic mass is 16.5. The Bertz CT molecular complexity index is 280. The summed E-state index contributed by atoms with van der Waals surface area (Å²) in [5.74, 6) is 2.28. The molecule has 3 unspecified atom stereocenters. The Kier molecular flexibility index (Phi) is 3.13. The van der Waals surface area contributed by atoms with Gasteiger partial charge in [-0.25, -0.2) is 4.79 Å². The maximum absolute atomic E-state index is 11.3. The number of fused-ring (bicyclic) bond motifs is 2. The lowest BCUT2D eigenvalue weighted by Gasteiger charge is -2.22. The first-order valence-electron chi connectivity index (χ1n) is 6.05. The zero-order valence-corrected chi connectivity index (χ0v) is 9.66. The molecule has 84 valence electrons. The molecule has 0 amide bonds. The predicted octanol–water partition coefficient (Wildman–Crippen LogP) is 2.93. The molecule has 0 aromatic rings. The molecule has 0 radical (unpaired) electrons. The Morgan fingerprint density at radius 3 is 2.73 bits per heavy atom. The van der Waals surface area contributed by atoms with Crippen LogP contribution < -0.4 is 0 Å². The number of esters is 1. The molecule has 2 bridgehead atoms. The Morgan fingerprint density at radius 2 is 2.20 bits per heavy atom. The van der Waals surface area contributed by atoms with Crippen molar-refractivity contribution in [1.29, 1.82) is 0 Å². The van der Waals surface area contributed by atoms with E-state index >= 15 is 0 Å². The molecule has 2 aliphatic rings. The highest BCUT2D eigenvalue weighted by molar-refractivity contribution is 5.82. The van der Waals surface area contributed by atoms with E-state index in [1.807, 2.05) is 6.92 Å². The zero-order valence-electron chi connectivity index (χ0n) is 9.66. The number of allylic oxidation sites excluding steroid dienone is 1. The molecule has 2 rings (SSSR count). The molecule has 0 saturated heterocycles. The van der Waals surface area contributed by atoms with Gasteiger partial charge in [-0.15, -0.1) is 0 Å². The zero-order chi connectivity index (χ0) is 10.8. The van der Waals surface area contributed by atoms with E-state index < -0.39 is 0 Å². The van der Waals surface area contributed by atoms with Crippen molar-refractivity contribution in [2.75, 3.05) is 6.61 Å². The monoisotopic (exact) mass is 208 g/mol. The summed E-state index contributed by atoms with van der Waals surface area (Å²) in [6.07, 6.45) is 7.16. The van der Waals surface area contributed by atoms with Crippen LogP contribution in [0.1, 0.15) is 39.5 Å². The third kappa shape index (κ3) is 2.24. The van der Waals surface area contributed by atoms with Gasteiger partial charge >= 0.3 is 5.97 Å². The third-order valence-electron chi connectivity index (χ3n) is 3.96. The lowest BCUT2D eigenvalue weighted by atomic mass is 9.84. The molecule has 2 aliphatic carbocycles. The summed E-state index contributed by atoms with van der Waals surface area (Å²) in [4.78, 5) is 11.3. The van der Waals surface area contributed by atoms with E-state index in [4.69, 9.17) is 4.74 Å². The van der Waals surface area contributed by atoms with Crippen LogP contribution in [0.4, 0.5) is 0 Å². The van der Waals surface area contributed by atoms with E-state index in [1.165, 1.54) is 31.3 Å². The molecule has 0 heterocycles. The molecule has 0 aliphatic heterocycles. The highest BCUT2D eigenvalue weighted by Crippen LogP contribution is 2.50. The second-order valence-electron chi connectivity index (χ2n) is 4.92. The van der Waals surface area contributed by atoms with Crippen molar-refractivity contribution in [1.82, 2.24) is 0 Å². The highest BCUT2D eigenvalue weighted by Gasteiger charge is 2.40. The summed E-state index contributed by atoms with van der Waals surface area (Å²) < 4.78 is 4.94. The average molecular weight is 208 g/mol. The normalized spacial score (nSPS) is 34.5. The van der Waals surface area contributed by atoms with Crippen molar-refractivity contribution in [3.05, 3.63) is 11.6 Å². The van der Waals surface area contributed by atoms with Gasteiger partial charge in [-0.05, 0) is 50.9 Å². The van der Waals surface area contributed by atoms with E-state index in [9.17, 15) is 4.79 Å². The van der Waals surface area contributed by atoms with Crippen molar-refractivity contribution in [3.63, 3.8) is 0 Å². The van der Waals surface area contributed by atoms with Crippen molar-refractivity contribution in [2.45, 2.75) is 39.5 Å². The Hall–Kier alpha value is -0.790. The van der Waals surface area contributed by atoms with E-state index in [1.54, 1.807) is 6.08 Å². The second kappa shape index (κ2) is 4.38. The van der Waals surface area contributed by atoms with Gasteiger partial charge in [-0.1, -0.05) is 12.0 Å². The number of ether oxygens (including phenoxy) is 1. The first kappa shape index (κ1) is 10.7. The summed E-state index contributed by atoms with van der Waals surface area (Å²) in [5.41, 5.74) is 1.24. The SMILES string of the molecule is CCOC(=O)/C=C(/C)C1CC2CCC1C2. The molecule has 2 saturated carbocycles. The smallest absolute Gasteiger partial charge is 0.330 e. The molecule has 2 heteroatoms. The molecule has 15 heavy (non-hydrogen) atoms. The van der Waals surface area contributed by atoms with Crippen LogP contribution in [0, 0.1) is 17.8 Å². The summed E-state index contributed by atoms with van der Waals surface area (Å²) >= 11 is 0. The van der Waals surface area contributed by atoms with Crippen LogP contribution in [0.15, 0.2) is 11.6 Å². The minimum Gasteiger partial charge on any atom is -0.463 e. The Morgan fingerprint density at radius 1 is 1.40 bits per heavy atom. The van der Waals surface area contributed by atoms with Crippen LogP contribution in [0.25, 0.3) is 0 Å². The Balaban J connectivity index is 1.96. The molecule has 3 atom stereocenters. The van der Waals surface area contributed by atoms with Gasteiger partial charge in [0.05, 0.1) is 6.61 Å². The quantitative estimate of drug-likeness (QED) is 0.526. The molecular formula is C13H20O2. The maximum atomic E-state index is 11.3. The van der Waals surface area contributed by atoms with Crippen LogP contribution in [0.5, 0.6) is 0 Å². The van der Waals surface area contributed by atoms with E-state index in [0.29, 0.717) is 12.5 Å². The minimum atomic E-state index is -0.169. The van der Waals surface area contributed by atoms with Crippen LogP contribution in [0.3, 0.4) is 0 Å². The number of hydrogen-bond acceptors (Lipinski definition) is 2. The fourth-order valence-corrected chi connectivity index (χ4v) is 3.28. The molecule has 2 nitrogen and oxygen atoms in total. The Labute approximate surface area is 91.7 Å². The third-order valence-corrected chi connectivity index (χ3v) is 3.96. The van der Waals surface area contributed by atoms with Gasteiger partial charge in [-0.2, -0.15) is 0 Å². The topological polar surface area (TPSA) is 26.3 Å². The van der Waals surface area contributed by atoms with Crippen LogP contribution in [-0.4, -0.2) is 12.6 Å². The predicted molar refractivity (Wildman–Crippen MR) is 59.3 cm³/mol. The largest absolute Gasteiger partial charge is 0.463 e. The lowest BCUT2D eigenvalue weighted by molar-refractivity contribution is -0.137. The van der Waals surface area contributed by atoms with Gasteiger partial charge in [0.2, 0.25) is 0 Å². The van der Waals surface area contributed by atoms with Crippen LogP contribution >= 0.6 is 0 Å².